The molecule has 0 amide bonds. The average Bonchev–Trinajstić information content (AvgIpc) is 2.83. The smallest absolute Gasteiger partial charge is 0.122 e. The molecule has 0 aromatic heterocycles. The zero-order chi connectivity index (χ0) is 12.8. The van der Waals surface area contributed by atoms with E-state index in [1.165, 1.54) is 11.1 Å². The topological polar surface area (TPSA) is 41.5 Å². The predicted octanol–water partition coefficient (Wildman–Crippen LogP) is 1.91. The zero-order valence-electron chi connectivity index (χ0n) is 11.1. The van der Waals surface area contributed by atoms with E-state index in [1.807, 2.05) is 0 Å². The van der Waals surface area contributed by atoms with E-state index < -0.39 is 0 Å². The van der Waals surface area contributed by atoms with Gasteiger partial charge in [0.25, 0.3) is 0 Å². The number of aliphatic hydroxyl groups excluding tert-OH is 1. The fourth-order valence-corrected chi connectivity index (χ4v) is 2.36. The van der Waals surface area contributed by atoms with Crippen LogP contribution in [0.2, 0.25) is 0 Å². The SMILES string of the molecule is CC(CCCO)NCCc1ccc2c(c1)CCO2. The van der Waals surface area contributed by atoms with Gasteiger partial charge in [0.05, 0.1) is 6.61 Å². The fraction of sp³-hybridized carbons (Fsp3) is 0.600. The van der Waals surface area contributed by atoms with Crippen LogP contribution in [0.4, 0.5) is 0 Å². The highest BCUT2D eigenvalue weighted by Crippen LogP contribution is 2.25. The maximum Gasteiger partial charge on any atom is 0.122 e. The predicted molar refractivity (Wildman–Crippen MR) is 73.1 cm³/mol. The van der Waals surface area contributed by atoms with Gasteiger partial charge in [0.1, 0.15) is 5.75 Å². The van der Waals surface area contributed by atoms with Crippen LogP contribution in [0.1, 0.15) is 30.9 Å². The Morgan fingerprint density at radius 1 is 1.44 bits per heavy atom. The van der Waals surface area contributed by atoms with Crippen LogP contribution in [0.15, 0.2) is 18.2 Å². The average molecular weight is 249 g/mol. The van der Waals surface area contributed by atoms with Crippen LogP contribution in [0.5, 0.6) is 5.75 Å². The summed E-state index contributed by atoms with van der Waals surface area (Å²) in [6, 6.07) is 6.99. The number of fused-ring (bicyclic) bond motifs is 1. The van der Waals surface area contributed by atoms with Gasteiger partial charge in [0.15, 0.2) is 0 Å². The van der Waals surface area contributed by atoms with Crippen molar-refractivity contribution in [3.8, 4) is 5.75 Å². The lowest BCUT2D eigenvalue weighted by atomic mass is 10.1. The number of rotatable bonds is 7. The van der Waals surface area contributed by atoms with E-state index in [2.05, 4.69) is 30.4 Å². The highest BCUT2D eigenvalue weighted by molar-refractivity contribution is 5.39. The van der Waals surface area contributed by atoms with Gasteiger partial charge >= 0.3 is 0 Å². The Labute approximate surface area is 109 Å². The largest absolute Gasteiger partial charge is 0.493 e. The molecule has 1 atom stereocenters. The molecule has 2 N–H and O–H groups in total. The van der Waals surface area contributed by atoms with Crippen molar-refractivity contribution in [1.82, 2.24) is 5.32 Å². The molecule has 0 saturated carbocycles. The highest BCUT2D eigenvalue weighted by Gasteiger charge is 2.11. The van der Waals surface area contributed by atoms with Crippen molar-refractivity contribution >= 4 is 0 Å². The molecule has 0 fully saturated rings. The summed E-state index contributed by atoms with van der Waals surface area (Å²) < 4.78 is 5.50. The monoisotopic (exact) mass is 249 g/mol. The summed E-state index contributed by atoms with van der Waals surface area (Å²) >= 11 is 0. The van der Waals surface area contributed by atoms with Crippen LogP contribution in [0.25, 0.3) is 0 Å². The molecule has 3 heteroatoms. The molecule has 1 heterocycles. The van der Waals surface area contributed by atoms with Crippen molar-refractivity contribution < 1.29 is 9.84 Å². The Hall–Kier alpha value is -1.06. The van der Waals surface area contributed by atoms with E-state index in [4.69, 9.17) is 9.84 Å². The van der Waals surface area contributed by atoms with Gasteiger partial charge in [-0.25, -0.2) is 0 Å². The van der Waals surface area contributed by atoms with Gasteiger partial charge in [0, 0.05) is 19.1 Å². The molecule has 1 unspecified atom stereocenters. The normalized spacial score (nSPS) is 15.2. The first-order valence-electron chi connectivity index (χ1n) is 6.88. The highest BCUT2D eigenvalue weighted by atomic mass is 16.5. The van der Waals surface area contributed by atoms with Crippen LogP contribution in [-0.2, 0) is 12.8 Å². The van der Waals surface area contributed by atoms with Crippen molar-refractivity contribution in [2.24, 2.45) is 0 Å². The number of hydrogen-bond acceptors (Lipinski definition) is 3. The molecule has 0 bridgehead atoms. The standard InChI is InChI=1S/C15H23NO2/c1-12(3-2-9-17)16-8-6-13-4-5-15-14(11-13)7-10-18-15/h4-5,11-12,16-17H,2-3,6-10H2,1H3. The van der Waals surface area contributed by atoms with Gasteiger partial charge < -0.3 is 15.2 Å². The Bertz CT molecular complexity index is 379. The molecule has 1 aliphatic rings. The van der Waals surface area contributed by atoms with Crippen LogP contribution in [0, 0.1) is 0 Å². The Morgan fingerprint density at radius 3 is 3.17 bits per heavy atom. The fourth-order valence-electron chi connectivity index (χ4n) is 2.36. The lowest BCUT2D eigenvalue weighted by Gasteiger charge is -2.13. The van der Waals surface area contributed by atoms with Gasteiger partial charge in [0.2, 0.25) is 0 Å². The molecule has 1 aliphatic heterocycles. The van der Waals surface area contributed by atoms with E-state index >= 15 is 0 Å². The minimum Gasteiger partial charge on any atom is -0.493 e. The van der Waals surface area contributed by atoms with Crippen molar-refractivity contribution in [3.05, 3.63) is 29.3 Å². The number of nitrogens with one attached hydrogen (secondary N) is 1. The van der Waals surface area contributed by atoms with E-state index in [1.54, 1.807) is 0 Å². The van der Waals surface area contributed by atoms with E-state index in [9.17, 15) is 0 Å². The van der Waals surface area contributed by atoms with E-state index in [-0.39, 0.29) is 6.61 Å². The summed E-state index contributed by atoms with van der Waals surface area (Å²) in [4.78, 5) is 0. The third-order valence-electron chi connectivity index (χ3n) is 3.46. The molecule has 0 spiro atoms. The van der Waals surface area contributed by atoms with Gasteiger partial charge in [-0.1, -0.05) is 12.1 Å². The molecule has 0 radical (unpaired) electrons. The summed E-state index contributed by atoms with van der Waals surface area (Å²) in [6.07, 6.45) is 4.01. The molecule has 100 valence electrons. The van der Waals surface area contributed by atoms with Gasteiger partial charge in [-0.2, -0.15) is 0 Å². The molecule has 3 nitrogen and oxygen atoms in total. The Balaban J connectivity index is 1.73. The second-order valence-electron chi connectivity index (χ2n) is 5.01. The molecule has 18 heavy (non-hydrogen) atoms. The first kappa shape index (κ1) is 13.4. The maximum absolute atomic E-state index is 8.77. The van der Waals surface area contributed by atoms with E-state index in [0.29, 0.717) is 6.04 Å². The lowest BCUT2D eigenvalue weighted by molar-refractivity contribution is 0.276. The number of aliphatic hydroxyl groups is 1. The second kappa shape index (κ2) is 6.76. The quantitative estimate of drug-likeness (QED) is 0.775. The van der Waals surface area contributed by atoms with Gasteiger partial charge in [-0.05, 0) is 49.9 Å². The van der Waals surface area contributed by atoms with Crippen LogP contribution in [-0.4, -0.2) is 30.9 Å². The zero-order valence-corrected chi connectivity index (χ0v) is 11.1. The summed E-state index contributed by atoms with van der Waals surface area (Å²) in [7, 11) is 0. The Morgan fingerprint density at radius 2 is 2.33 bits per heavy atom. The minimum absolute atomic E-state index is 0.289. The maximum atomic E-state index is 8.77. The minimum atomic E-state index is 0.289. The summed E-state index contributed by atoms with van der Waals surface area (Å²) in [5, 5.41) is 12.3. The van der Waals surface area contributed by atoms with Gasteiger partial charge in [-0.3, -0.25) is 0 Å². The van der Waals surface area contributed by atoms with Crippen molar-refractivity contribution in [2.45, 2.75) is 38.6 Å². The lowest BCUT2D eigenvalue weighted by Crippen LogP contribution is -2.28. The molecular weight excluding hydrogens is 226 g/mol. The summed E-state index contributed by atoms with van der Waals surface area (Å²) in [5.74, 6) is 1.06. The van der Waals surface area contributed by atoms with Crippen LogP contribution >= 0.6 is 0 Å². The number of benzene rings is 1. The first-order valence-corrected chi connectivity index (χ1v) is 6.88. The molecule has 0 saturated heterocycles. The molecule has 2 rings (SSSR count). The molecule has 1 aromatic rings. The first-order chi connectivity index (χ1) is 8.79. The third kappa shape index (κ3) is 3.72. The van der Waals surface area contributed by atoms with Crippen LogP contribution < -0.4 is 10.1 Å². The number of ether oxygens (including phenoxy) is 1. The Kier molecular flexibility index (Phi) is 5.02. The summed E-state index contributed by atoms with van der Waals surface area (Å²) in [6.45, 7) is 4.28. The van der Waals surface area contributed by atoms with Crippen molar-refractivity contribution in [2.75, 3.05) is 19.8 Å². The van der Waals surface area contributed by atoms with Gasteiger partial charge in [-0.15, -0.1) is 0 Å². The van der Waals surface area contributed by atoms with Crippen LogP contribution in [0.3, 0.4) is 0 Å². The van der Waals surface area contributed by atoms with E-state index in [0.717, 1.165) is 44.6 Å². The third-order valence-corrected chi connectivity index (χ3v) is 3.46. The summed E-state index contributed by atoms with van der Waals surface area (Å²) in [5.41, 5.74) is 2.72. The second-order valence-corrected chi connectivity index (χ2v) is 5.01. The number of hydrogen-bond donors (Lipinski definition) is 2. The van der Waals surface area contributed by atoms with Crippen molar-refractivity contribution in [1.29, 1.82) is 0 Å². The van der Waals surface area contributed by atoms with Crippen molar-refractivity contribution in [3.63, 3.8) is 0 Å². The molecule has 1 aromatic carbocycles. The molecular formula is C15H23NO2. The molecule has 0 aliphatic carbocycles.